The van der Waals surface area contributed by atoms with Gasteiger partial charge in [0, 0.05) is 11.0 Å². The van der Waals surface area contributed by atoms with Crippen molar-refractivity contribution in [3.63, 3.8) is 0 Å². The molecule has 0 N–H and O–H groups in total. The lowest BCUT2D eigenvalue weighted by atomic mass is 9.91. The van der Waals surface area contributed by atoms with Crippen LogP contribution in [0.15, 0.2) is 10.5 Å². The van der Waals surface area contributed by atoms with E-state index in [9.17, 15) is 0 Å². The lowest BCUT2D eigenvalue weighted by Gasteiger charge is -2.16. The zero-order valence-corrected chi connectivity index (χ0v) is 8.77. The van der Waals surface area contributed by atoms with Crippen molar-refractivity contribution in [2.75, 3.05) is 0 Å². The predicted octanol–water partition coefficient (Wildman–Crippen LogP) is 3.19. The van der Waals surface area contributed by atoms with Crippen LogP contribution >= 0.6 is 11.6 Å². The van der Waals surface area contributed by atoms with Gasteiger partial charge in [0.05, 0.1) is 5.88 Å². The van der Waals surface area contributed by atoms with Gasteiger partial charge in [0.15, 0.2) is 0 Å². The fourth-order valence-corrected chi connectivity index (χ4v) is 1.42. The second-order valence-corrected chi connectivity index (χ2v) is 4.23. The fourth-order valence-electron chi connectivity index (χ4n) is 1.22. The van der Waals surface area contributed by atoms with Crippen LogP contribution in [0.2, 0.25) is 0 Å². The van der Waals surface area contributed by atoms with Crippen molar-refractivity contribution >= 4 is 11.6 Å². The van der Waals surface area contributed by atoms with Crippen LogP contribution in [0.25, 0.3) is 0 Å². The average Bonchev–Trinajstić information content (AvgIpc) is 2.46. The van der Waals surface area contributed by atoms with E-state index in [1.807, 2.05) is 26.8 Å². The summed E-state index contributed by atoms with van der Waals surface area (Å²) < 4.78 is 5.37. The third-order valence-electron chi connectivity index (χ3n) is 1.74. The molecular formula is C10H12ClNO. The van der Waals surface area contributed by atoms with Crippen LogP contribution in [0.5, 0.6) is 0 Å². The van der Waals surface area contributed by atoms with Crippen LogP contribution in [0.4, 0.5) is 0 Å². The summed E-state index contributed by atoms with van der Waals surface area (Å²) in [5, 5.41) is 8.65. The summed E-state index contributed by atoms with van der Waals surface area (Å²) in [7, 11) is 0. The SMILES string of the molecule is CC(C)(C)c1oc(C#N)cc1CCl. The van der Waals surface area contributed by atoms with Gasteiger partial charge in [0.1, 0.15) is 11.8 Å². The smallest absolute Gasteiger partial charge is 0.204 e. The topological polar surface area (TPSA) is 36.9 Å². The van der Waals surface area contributed by atoms with Gasteiger partial charge >= 0.3 is 0 Å². The monoisotopic (exact) mass is 197 g/mol. The van der Waals surface area contributed by atoms with Crippen molar-refractivity contribution < 1.29 is 4.42 Å². The van der Waals surface area contributed by atoms with Gasteiger partial charge in [-0.15, -0.1) is 11.6 Å². The van der Waals surface area contributed by atoms with Crippen molar-refractivity contribution in [1.29, 1.82) is 5.26 Å². The maximum absolute atomic E-state index is 8.65. The van der Waals surface area contributed by atoms with E-state index >= 15 is 0 Å². The van der Waals surface area contributed by atoms with Crippen molar-refractivity contribution in [2.45, 2.75) is 32.1 Å². The molecular weight excluding hydrogens is 186 g/mol. The third kappa shape index (κ3) is 2.05. The standard InChI is InChI=1S/C10H12ClNO/c1-10(2,3)9-7(5-11)4-8(6-12)13-9/h4H,5H2,1-3H3. The van der Waals surface area contributed by atoms with E-state index < -0.39 is 0 Å². The number of halogens is 1. The largest absolute Gasteiger partial charge is 0.450 e. The van der Waals surface area contributed by atoms with E-state index in [-0.39, 0.29) is 5.41 Å². The molecule has 1 rings (SSSR count). The Kier molecular flexibility index (Phi) is 2.68. The van der Waals surface area contributed by atoms with E-state index in [1.165, 1.54) is 0 Å². The quantitative estimate of drug-likeness (QED) is 0.649. The first-order valence-corrected chi connectivity index (χ1v) is 4.61. The molecule has 0 radical (unpaired) electrons. The first-order valence-electron chi connectivity index (χ1n) is 4.08. The van der Waals surface area contributed by atoms with E-state index in [0.29, 0.717) is 11.6 Å². The maximum Gasteiger partial charge on any atom is 0.204 e. The van der Waals surface area contributed by atoms with Crippen molar-refractivity contribution in [3.05, 3.63) is 23.2 Å². The summed E-state index contributed by atoms with van der Waals surface area (Å²) >= 11 is 5.74. The highest BCUT2D eigenvalue weighted by Gasteiger charge is 2.22. The number of hydrogen-bond acceptors (Lipinski definition) is 2. The Labute approximate surface area is 83.1 Å². The molecule has 3 heteroatoms. The molecule has 0 aliphatic carbocycles. The van der Waals surface area contributed by atoms with Crippen LogP contribution in [-0.4, -0.2) is 0 Å². The number of hydrogen-bond donors (Lipinski definition) is 0. The molecule has 70 valence electrons. The predicted molar refractivity (Wildman–Crippen MR) is 51.7 cm³/mol. The van der Waals surface area contributed by atoms with Crippen LogP contribution in [0.1, 0.15) is 37.9 Å². The molecule has 0 saturated heterocycles. The third-order valence-corrected chi connectivity index (χ3v) is 2.03. The highest BCUT2D eigenvalue weighted by atomic mass is 35.5. The minimum Gasteiger partial charge on any atom is -0.450 e. The molecule has 0 saturated carbocycles. The molecule has 0 bridgehead atoms. The van der Waals surface area contributed by atoms with Gasteiger partial charge in [-0.2, -0.15) is 5.26 Å². The highest BCUT2D eigenvalue weighted by molar-refractivity contribution is 6.17. The molecule has 0 atom stereocenters. The van der Waals surface area contributed by atoms with Crippen LogP contribution in [0, 0.1) is 11.3 Å². The summed E-state index contributed by atoms with van der Waals surface area (Å²) in [6, 6.07) is 3.67. The molecule has 1 heterocycles. The first kappa shape index (κ1) is 10.1. The lowest BCUT2D eigenvalue weighted by molar-refractivity contribution is 0.400. The van der Waals surface area contributed by atoms with Crippen LogP contribution in [0.3, 0.4) is 0 Å². The summed E-state index contributed by atoms with van der Waals surface area (Å²) in [5.41, 5.74) is 0.810. The van der Waals surface area contributed by atoms with Gasteiger partial charge in [-0.1, -0.05) is 20.8 Å². The van der Waals surface area contributed by atoms with Gasteiger partial charge in [0.2, 0.25) is 5.76 Å². The number of furan rings is 1. The minimum absolute atomic E-state index is 0.0979. The van der Waals surface area contributed by atoms with Gasteiger partial charge in [-0.25, -0.2) is 0 Å². The van der Waals surface area contributed by atoms with E-state index in [2.05, 4.69) is 0 Å². The summed E-state index contributed by atoms with van der Waals surface area (Å²) in [5.74, 6) is 1.53. The second kappa shape index (κ2) is 3.43. The number of nitriles is 1. The van der Waals surface area contributed by atoms with Crippen LogP contribution < -0.4 is 0 Å². The average molecular weight is 198 g/mol. The zero-order valence-electron chi connectivity index (χ0n) is 8.02. The molecule has 0 aliphatic rings. The highest BCUT2D eigenvalue weighted by Crippen LogP contribution is 2.29. The van der Waals surface area contributed by atoms with E-state index in [1.54, 1.807) is 6.07 Å². The first-order chi connectivity index (χ1) is 5.99. The van der Waals surface area contributed by atoms with Crippen molar-refractivity contribution in [3.8, 4) is 6.07 Å². The Morgan fingerprint density at radius 2 is 2.15 bits per heavy atom. The second-order valence-electron chi connectivity index (χ2n) is 3.96. The van der Waals surface area contributed by atoms with Crippen molar-refractivity contribution in [1.82, 2.24) is 0 Å². The molecule has 2 nitrogen and oxygen atoms in total. The lowest BCUT2D eigenvalue weighted by Crippen LogP contribution is -2.11. The molecule has 0 aromatic carbocycles. The molecule has 0 amide bonds. The molecule has 13 heavy (non-hydrogen) atoms. The van der Waals surface area contributed by atoms with Gasteiger partial charge in [-0.05, 0) is 6.07 Å². The number of rotatable bonds is 1. The summed E-state index contributed by atoms with van der Waals surface area (Å²) in [6.07, 6.45) is 0. The molecule has 1 aromatic rings. The molecule has 1 aromatic heterocycles. The van der Waals surface area contributed by atoms with E-state index in [4.69, 9.17) is 21.3 Å². The molecule has 0 unspecified atom stereocenters. The van der Waals surface area contributed by atoms with E-state index in [0.717, 1.165) is 11.3 Å². The normalized spacial score (nSPS) is 11.3. The molecule has 0 aliphatic heterocycles. The zero-order chi connectivity index (χ0) is 10.1. The van der Waals surface area contributed by atoms with Gasteiger partial charge < -0.3 is 4.42 Å². The molecule has 0 fully saturated rings. The maximum atomic E-state index is 8.65. The molecule has 0 spiro atoms. The Bertz CT molecular complexity index is 341. The summed E-state index contributed by atoms with van der Waals surface area (Å²) in [4.78, 5) is 0. The number of alkyl halides is 1. The summed E-state index contributed by atoms with van der Waals surface area (Å²) in [6.45, 7) is 6.09. The number of nitrogens with zero attached hydrogens (tertiary/aromatic N) is 1. The van der Waals surface area contributed by atoms with Crippen molar-refractivity contribution in [2.24, 2.45) is 0 Å². The Morgan fingerprint density at radius 3 is 2.46 bits per heavy atom. The van der Waals surface area contributed by atoms with Gasteiger partial charge in [0.25, 0.3) is 0 Å². The van der Waals surface area contributed by atoms with Gasteiger partial charge in [-0.3, -0.25) is 0 Å². The van der Waals surface area contributed by atoms with Crippen LogP contribution in [-0.2, 0) is 11.3 Å². The Hall–Kier alpha value is -0.940. The fraction of sp³-hybridized carbons (Fsp3) is 0.500. The Morgan fingerprint density at radius 1 is 1.54 bits per heavy atom. The minimum atomic E-state index is -0.0979. The Balaban J connectivity index is 3.21.